The van der Waals surface area contributed by atoms with Gasteiger partial charge in [0.1, 0.15) is 0 Å². The van der Waals surface area contributed by atoms with E-state index in [4.69, 9.17) is 5.11 Å². The van der Waals surface area contributed by atoms with E-state index in [9.17, 15) is 4.79 Å². The van der Waals surface area contributed by atoms with Gasteiger partial charge in [0, 0.05) is 4.47 Å². The van der Waals surface area contributed by atoms with E-state index in [0.717, 1.165) is 10.2 Å². The number of hydrogen-bond donors (Lipinski definition) is 1. The summed E-state index contributed by atoms with van der Waals surface area (Å²) in [4.78, 5) is 11.0. The number of rotatable bonds is 3. The minimum absolute atomic E-state index is 0.546. The molecule has 0 saturated heterocycles. The zero-order valence-electron chi connectivity index (χ0n) is 9.04. The molecule has 5 nitrogen and oxygen atoms in total. The predicted octanol–water partition coefficient (Wildman–Crippen LogP) is 2.22. The van der Waals surface area contributed by atoms with Gasteiger partial charge >= 0.3 is 5.97 Å². The van der Waals surface area contributed by atoms with Crippen LogP contribution in [0.4, 0.5) is 0 Å². The highest BCUT2D eigenvalue weighted by Crippen LogP contribution is 2.24. The molecule has 0 aliphatic rings. The Bertz CT molecular complexity index is 553. The number of nitrogens with zero attached hydrogens (tertiary/aromatic N) is 3. The Kier molecular flexibility index (Phi) is 3.23. The summed E-state index contributed by atoms with van der Waals surface area (Å²) < 4.78 is 2.37. The Hall–Kier alpha value is -1.69. The van der Waals surface area contributed by atoms with E-state index in [1.807, 2.05) is 24.3 Å². The molecular formula is C11H10BrN3O2. The molecule has 0 aliphatic heterocycles. The molecule has 1 heterocycles. The first-order valence-electron chi connectivity index (χ1n) is 4.99. The summed E-state index contributed by atoms with van der Waals surface area (Å²) in [5.74, 6) is -1.56. The van der Waals surface area contributed by atoms with Gasteiger partial charge in [0.25, 0.3) is 0 Å². The molecule has 17 heavy (non-hydrogen) atoms. The van der Waals surface area contributed by atoms with Gasteiger partial charge in [-0.15, -0.1) is 5.10 Å². The van der Waals surface area contributed by atoms with E-state index >= 15 is 0 Å². The molecule has 0 fully saturated rings. The number of carbonyl (C=O) groups is 1. The highest BCUT2D eigenvalue weighted by atomic mass is 79.9. The van der Waals surface area contributed by atoms with E-state index in [2.05, 4.69) is 26.2 Å². The number of hydrogen-bond acceptors (Lipinski definition) is 3. The third-order valence-corrected chi connectivity index (χ3v) is 3.14. The van der Waals surface area contributed by atoms with Gasteiger partial charge in [-0.2, -0.15) is 0 Å². The van der Waals surface area contributed by atoms with Crippen molar-refractivity contribution in [2.24, 2.45) is 0 Å². The van der Waals surface area contributed by atoms with Crippen LogP contribution >= 0.6 is 15.9 Å². The minimum atomic E-state index is -0.902. The molecule has 88 valence electrons. The van der Waals surface area contributed by atoms with Gasteiger partial charge in [-0.25, -0.2) is 4.68 Å². The summed E-state index contributed by atoms with van der Waals surface area (Å²) >= 11 is 3.40. The van der Waals surface area contributed by atoms with Crippen LogP contribution in [0.3, 0.4) is 0 Å². The van der Waals surface area contributed by atoms with Crippen molar-refractivity contribution in [3.63, 3.8) is 0 Å². The zero-order valence-corrected chi connectivity index (χ0v) is 10.6. The molecule has 1 atom stereocenters. The third kappa shape index (κ3) is 2.21. The number of carboxylic acids is 1. The van der Waals surface area contributed by atoms with Crippen molar-refractivity contribution in [3.05, 3.63) is 40.6 Å². The number of para-hydroxylation sites is 1. The second-order valence-corrected chi connectivity index (χ2v) is 4.44. The molecule has 1 N–H and O–H groups in total. The quantitative estimate of drug-likeness (QED) is 0.943. The monoisotopic (exact) mass is 295 g/mol. The Labute approximate surface area is 106 Å². The minimum Gasteiger partial charge on any atom is -0.481 e. The first-order valence-corrected chi connectivity index (χ1v) is 5.79. The van der Waals surface area contributed by atoms with Gasteiger partial charge in [-0.05, 0) is 35.0 Å². The summed E-state index contributed by atoms with van der Waals surface area (Å²) in [6.45, 7) is 1.61. The lowest BCUT2D eigenvalue weighted by molar-refractivity contribution is -0.138. The summed E-state index contributed by atoms with van der Waals surface area (Å²) in [5.41, 5.74) is 1.32. The first kappa shape index (κ1) is 11.8. The summed E-state index contributed by atoms with van der Waals surface area (Å²) in [5, 5.41) is 16.7. The van der Waals surface area contributed by atoms with E-state index in [1.165, 1.54) is 10.9 Å². The fraction of sp³-hybridized carbons (Fsp3) is 0.182. The molecule has 1 aromatic carbocycles. The molecule has 2 aromatic rings. The van der Waals surface area contributed by atoms with Crippen molar-refractivity contribution < 1.29 is 9.90 Å². The summed E-state index contributed by atoms with van der Waals surface area (Å²) in [7, 11) is 0. The van der Waals surface area contributed by atoms with Crippen molar-refractivity contribution in [2.45, 2.75) is 12.8 Å². The van der Waals surface area contributed by atoms with Crippen LogP contribution in [0.1, 0.15) is 18.5 Å². The fourth-order valence-corrected chi connectivity index (χ4v) is 1.93. The maximum absolute atomic E-state index is 11.0. The Morgan fingerprint density at radius 3 is 2.82 bits per heavy atom. The molecule has 0 bridgehead atoms. The molecule has 0 amide bonds. The lowest BCUT2D eigenvalue weighted by atomic mass is 10.1. The SMILES string of the molecule is CC(C(=O)O)c1cnnn1-c1ccccc1Br. The summed E-state index contributed by atoms with van der Waals surface area (Å²) in [6.07, 6.45) is 1.47. The van der Waals surface area contributed by atoms with E-state index in [0.29, 0.717) is 5.69 Å². The molecular weight excluding hydrogens is 286 g/mol. The highest BCUT2D eigenvalue weighted by molar-refractivity contribution is 9.10. The number of carboxylic acid groups (broad SMARTS) is 1. The van der Waals surface area contributed by atoms with Gasteiger partial charge < -0.3 is 5.11 Å². The normalized spacial score (nSPS) is 12.4. The topological polar surface area (TPSA) is 68.0 Å². The smallest absolute Gasteiger partial charge is 0.312 e. The maximum atomic E-state index is 11.0. The van der Waals surface area contributed by atoms with Gasteiger partial charge in [-0.1, -0.05) is 17.3 Å². The van der Waals surface area contributed by atoms with Crippen LogP contribution in [0.2, 0.25) is 0 Å². The van der Waals surface area contributed by atoms with Crippen LogP contribution in [0.5, 0.6) is 0 Å². The predicted molar refractivity (Wildman–Crippen MR) is 65.1 cm³/mol. The molecule has 0 spiro atoms. The van der Waals surface area contributed by atoms with E-state index < -0.39 is 11.9 Å². The Morgan fingerprint density at radius 2 is 2.18 bits per heavy atom. The average Bonchev–Trinajstić information content (AvgIpc) is 2.77. The second-order valence-electron chi connectivity index (χ2n) is 3.58. The molecule has 0 radical (unpaired) electrons. The first-order chi connectivity index (χ1) is 8.11. The maximum Gasteiger partial charge on any atom is 0.312 e. The fourth-order valence-electron chi connectivity index (χ4n) is 1.48. The van der Waals surface area contributed by atoms with Crippen LogP contribution in [-0.2, 0) is 4.79 Å². The van der Waals surface area contributed by atoms with E-state index in [-0.39, 0.29) is 0 Å². The van der Waals surface area contributed by atoms with Crippen LogP contribution < -0.4 is 0 Å². The van der Waals surface area contributed by atoms with Crippen LogP contribution in [0, 0.1) is 0 Å². The van der Waals surface area contributed by atoms with Crippen molar-refractivity contribution in [3.8, 4) is 5.69 Å². The van der Waals surface area contributed by atoms with Crippen molar-refractivity contribution >= 4 is 21.9 Å². The third-order valence-electron chi connectivity index (χ3n) is 2.47. The second kappa shape index (κ2) is 4.67. The lowest BCUT2D eigenvalue weighted by Crippen LogP contribution is -2.13. The van der Waals surface area contributed by atoms with Crippen LogP contribution in [0.25, 0.3) is 5.69 Å². The van der Waals surface area contributed by atoms with Gasteiger partial charge in [0.05, 0.1) is 23.5 Å². The lowest BCUT2D eigenvalue weighted by Gasteiger charge is -2.10. The highest BCUT2D eigenvalue weighted by Gasteiger charge is 2.20. The molecule has 0 saturated carbocycles. The van der Waals surface area contributed by atoms with Crippen molar-refractivity contribution in [1.82, 2.24) is 15.0 Å². The van der Waals surface area contributed by atoms with Gasteiger partial charge in [-0.3, -0.25) is 4.79 Å². The number of halogens is 1. The zero-order chi connectivity index (χ0) is 12.4. The molecule has 1 unspecified atom stereocenters. The van der Waals surface area contributed by atoms with Crippen molar-refractivity contribution in [2.75, 3.05) is 0 Å². The largest absolute Gasteiger partial charge is 0.481 e. The average molecular weight is 296 g/mol. The van der Waals surface area contributed by atoms with Crippen LogP contribution in [-0.4, -0.2) is 26.1 Å². The Morgan fingerprint density at radius 1 is 1.47 bits per heavy atom. The van der Waals surface area contributed by atoms with Gasteiger partial charge in [0.2, 0.25) is 0 Å². The van der Waals surface area contributed by atoms with Crippen LogP contribution in [0.15, 0.2) is 34.9 Å². The molecule has 1 aromatic heterocycles. The molecule has 2 rings (SSSR count). The van der Waals surface area contributed by atoms with Gasteiger partial charge in [0.15, 0.2) is 0 Å². The number of benzene rings is 1. The standard InChI is InChI=1S/C11H10BrN3O2/c1-7(11(16)17)10-6-13-14-15(10)9-5-3-2-4-8(9)12/h2-7H,1H3,(H,16,17). The Balaban J connectivity index is 2.51. The number of aliphatic carboxylic acids is 1. The molecule has 6 heteroatoms. The van der Waals surface area contributed by atoms with Crippen molar-refractivity contribution in [1.29, 1.82) is 0 Å². The molecule has 0 aliphatic carbocycles. The summed E-state index contributed by atoms with van der Waals surface area (Å²) in [6, 6.07) is 7.45. The van der Waals surface area contributed by atoms with E-state index in [1.54, 1.807) is 6.92 Å². The number of aromatic nitrogens is 3.